The molecule has 2 amide bonds. The van der Waals surface area contributed by atoms with Gasteiger partial charge < -0.3 is 9.64 Å². The molecule has 9 nitrogen and oxygen atoms in total. The smallest absolute Gasteiger partial charge is 0.340 e. The normalized spacial score (nSPS) is 17.1. The third-order valence-electron chi connectivity index (χ3n) is 3.88. The van der Waals surface area contributed by atoms with Crippen LogP contribution in [0.2, 0.25) is 0 Å². The Hall–Kier alpha value is -3.27. The van der Waals surface area contributed by atoms with Gasteiger partial charge in [-0.15, -0.1) is 4.40 Å². The molecule has 0 radical (unpaired) electrons. The fourth-order valence-electron chi connectivity index (χ4n) is 2.55. The van der Waals surface area contributed by atoms with Crippen LogP contribution in [0.25, 0.3) is 0 Å². The minimum absolute atomic E-state index is 0.0361. The third kappa shape index (κ3) is 5.13. The molecule has 0 spiro atoms. The van der Waals surface area contributed by atoms with Crippen molar-refractivity contribution < 1.29 is 27.5 Å². The molecule has 1 N–H and O–H groups in total. The lowest BCUT2D eigenvalue weighted by molar-refractivity contribution is -0.146. The molecule has 2 heterocycles. The quantitative estimate of drug-likeness (QED) is 0.682. The van der Waals surface area contributed by atoms with E-state index in [0.29, 0.717) is 0 Å². The van der Waals surface area contributed by atoms with Gasteiger partial charge in [-0.3, -0.25) is 14.9 Å². The van der Waals surface area contributed by atoms with Gasteiger partial charge in [0.2, 0.25) is 5.91 Å². The van der Waals surface area contributed by atoms with Crippen molar-refractivity contribution >= 4 is 33.6 Å². The summed E-state index contributed by atoms with van der Waals surface area (Å²) in [5, 5.41) is 2.15. The number of rotatable bonds is 5. The van der Waals surface area contributed by atoms with E-state index in [0.717, 1.165) is 5.56 Å². The Morgan fingerprint density at radius 2 is 1.86 bits per heavy atom. The molecule has 2 aliphatic rings. The Balaban J connectivity index is 1.49. The molecule has 0 saturated carbocycles. The lowest BCUT2D eigenvalue weighted by Crippen LogP contribution is -2.37. The summed E-state index contributed by atoms with van der Waals surface area (Å²) in [6, 6.07) is 8.90. The van der Waals surface area contributed by atoms with Gasteiger partial charge in [-0.2, -0.15) is 0 Å². The van der Waals surface area contributed by atoms with Crippen LogP contribution in [0.15, 0.2) is 58.7 Å². The van der Waals surface area contributed by atoms with Gasteiger partial charge in [-0.1, -0.05) is 30.3 Å². The molecule has 146 valence electrons. The zero-order valence-corrected chi connectivity index (χ0v) is 15.5. The molecule has 0 fully saturated rings. The standard InChI is InChI=1S/C18H17N3O6S/c22-16(10-13-4-2-1-3-5-13)19-17(23)12-27-18(24)14-6-7-15-20-28(25,26)9-8-21(15)11-14/h1-7,11H,8-10,12H2,(H,19,22,23). The lowest BCUT2D eigenvalue weighted by atomic mass is 10.1. The summed E-state index contributed by atoms with van der Waals surface area (Å²) in [6.45, 7) is -0.448. The van der Waals surface area contributed by atoms with Crippen LogP contribution in [-0.4, -0.2) is 55.8 Å². The fraction of sp³-hybridized carbons (Fsp3) is 0.222. The maximum atomic E-state index is 12.1. The van der Waals surface area contributed by atoms with E-state index in [4.69, 9.17) is 4.74 Å². The van der Waals surface area contributed by atoms with Crippen LogP contribution in [0, 0.1) is 0 Å². The zero-order valence-electron chi connectivity index (χ0n) is 14.7. The highest BCUT2D eigenvalue weighted by molar-refractivity contribution is 7.90. The predicted octanol–water partition coefficient (Wildman–Crippen LogP) is -0.0873. The van der Waals surface area contributed by atoms with E-state index in [1.165, 1.54) is 23.3 Å². The average Bonchev–Trinajstić information content (AvgIpc) is 2.65. The van der Waals surface area contributed by atoms with Crippen molar-refractivity contribution in [3.63, 3.8) is 0 Å². The molecular weight excluding hydrogens is 386 g/mol. The van der Waals surface area contributed by atoms with Crippen LogP contribution in [0.3, 0.4) is 0 Å². The van der Waals surface area contributed by atoms with Crippen LogP contribution in [0.1, 0.15) is 5.56 Å². The second kappa shape index (κ2) is 8.17. The number of benzene rings is 1. The first-order chi connectivity index (χ1) is 13.3. The van der Waals surface area contributed by atoms with Crippen molar-refractivity contribution in [1.29, 1.82) is 0 Å². The van der Waals surface area contributed by atoms with Crippen LogP contribution < -0.4 is 5.32 Å². The summed E-state index contributed by atoms with van der Waals surface area (Å²) < 4.78 is 31.4. The molecule has 0 saturated heterocycles. The number of carbonyl (C=O) groups is 3. The highest BCUT2D eigenvalue weighted by atomic mass is 32.2. The second-order valence-electron chi connectivity index (χ2n) is 6.06. The number of sulfonamides is 1. The largest absolute Gasteiger partial charge is 0.452 e. The van der Waals surface area contributed by atoms with Crippen molar-refractivity contribution in [1.82, 2.24) is 10.2 Å². The predicted molar refractivity (Wildman–Crippen MR) is 99.4 cm³/mol. The van der Waals surface area contributed by atoms with Crippen molar-refractivity contribution in [3.8, 4) is 0 Å². The SMILES string of the molecule is O=C(COC(=O)C1=CN2CCS(=O)(=O)N=C2C=C1)NC(=O)Cc1ccccc1. The molecule has 0 unspecified atom stereocenters. The first-order valence-corrected chi connectivity index (χ1v) is 9.96. The molecule has 2 aliphatic heterocycles. The summed E-state index contributed by atoms with van der Waals surface area (Å²) in [6.07, 6.45) is 4.19. The van der Waals surface area contributed by atoms with Gasteiger partial charge in [0.1, 0.15) is 5.84 Å². The monoisotopic (exact) mass is 403 g/mol. The van der Waals surface area contributed by atoms with Gasteiger partial charge in [0.25, 0.3) is 15.9 Å². The molecule has 3 rings (SSSR count). The number of hydrogen-bond donors (Lipinski definition) is 1. The molecule has 1 aromatic rings. The number of hydrogen-bond acceptors (Lipinski definition) is 7. The number of amides is 2. The maximum absolute atomic E-state index is 12.1. The van der Waals surface area contributed by atoms with Gasteiger partial charge in [0, 0.05) is 12.7 Å². The Bertz CT molecular complexity index is 995. The highest BCUT2D eigenvalue weighted by Gasteiger charge is 2.25. The number of fused-ring (bicyclic) bond motifs is 1. The van der Waals surface area contributed by atoms with Gasteiger partial charge in [-0.25, -0.2) is 13.2 Å². The second-order valence-corrected chi connectivity index (χ2v) is 7.81. The van der Waals surface area contributed by atoms with Gasteiger partial charge in [0.05, 0.1) is 17.7 Å². The van der Waals surface area contributed by atoms with E-state index >= 15 is 0 Å². The van der Waals surface area contributed by atoms with E-state index in [1.54, 1.807) is 24.3 Å². The number of esters is 1. The average molecular weight is 403 g/mol. The van der Waals surface area contributed by atoms with Crippen LogP contribution in [0.5, 0.6) is 0 Å². The van der Waals surface area contributed by atoms with Gasteiger partial charge in [-0.05, 0) is 17.7 Å². The third-order valence-corrected chi connectivity index (χ3v) is 5.04. The summed E-state index contributed by atoms with van der Waals surface area (Å²) in [4.78, 5) is 37.2. The molecule has 1 aromatic carbocycles. The molecule has 0 bridgehead atoms. The van der Waals surface area contributed by atoms with Crippen molar-refractivity contribution in [3.05, 3.63) is 59.8 Å². The Kier molecular flexibility index (Phi) is 5.69. The highest BCUT2D eigenvalue weighted by Crippen LogP contribution is 2.16. The number of imide groups is 1. The van der Waals surface area contributed by atoms with Crippen LogP contribution >= 0.6 is 0 Å². The Morgan fingerprint density at radius 1 is 1.11 bits per heavy atom. The van der Waals surface area contributed by atoms with E-state index in [2.05, 4.69) is 9.71 Å². The fourth-order valence-corrected chi connectivity index (χ4v) is 3.52. The number of amidine groups is 1. The number of carbonyl (C=O) groups excluding carboxylic acids is 3. The number of nitrogens with one attached hydrogen (secondary N) is 1. The van der Waals surface area contributed by atoms with Crippen LogP contribution in [0.4, 0.5) is 0 Å². The van der Waals surface area contributed by atoms with Crippen molar-refractivity contribution in [2.75, 3.05) is 18.9 Å². The minimum Gasteiger partial charge on any atom is -0.452 e. The van der Waals surface area contributed by atoms with E-state index in [-0.39, 0.29) is 30.1 Å². The van der Waals surface area contributed by atoms with Crippen LogP contribution in [-0.2, 0) is 35.6 Å². The molecule has 0 aromatic heterocycles. The first kappa shape index (κ1) is 19.5. The summed E-state index contributed by atoms with van der Waals surface area (Å²) in [5.41, 5.74) is 0.893. The summed E-state index contributed by atoms with van der Waals surface area (Å²) >= 11 is 0. The minimum atomic E-state index is -3.48. The topological polar surface area (TPSA) is 122 Å². The number of ether oxygens (including phenoxy) is 1. The first-order valence-electron chi connectivity index (χ1n) is 8.35. The molecule has 0 atom stereocenters. The molecule has 28 heavy (non-hydrogen) atoms. The van der Waals surface area contributed by atoms with Gasteiger partial charge in [0.15, 0.2) is 6.61 Å². The Morgan fingerprint density at radius 3 is 2.61 bits per heavy atom. The summed E-state index contributed by atoms with van der Waals surface area (Å²) in [5.74, 6) is -1.95. The van der Waals surface area contributed by atoms with E-state index in [1.807, 2.05) is 6.07 Å². The van der Waals surface area contributed by atoms with Crippen molar-refractivity contribution in [2.24, 2.45) is 4.40 Å². The lowest BCUT2D eigenvalue weighted by Gasteiger charge is -2.26. The Labute approximate surface area is 161 Å². The molecule has 0 aliphatic carbocycles. The van der Waals surface area contributed by atoms with Gasteiger partial charge >= 0.3 is 5.97 Å². The number of nitrogens with zero attached hydrogens (tertiary/aromatic N) is 2. The molecular formula is C18H17N3O6S. The maximum Gasteiger partial charge on any atom is 0.340 e. The van der Waals surface area contributed by atoms with E-state index < -0.39 is 34.4 Å². The zero-order chi connectivity index (χ0) is 20.1. The van der Waals surface area contributed by atoms with E-state index in [9.17, 15) is 22.8 Å². The van der Waals surface area contributed by atoms with Crippen molar-refractivity contribution in [2.45, 2.75) is 6.42 Å². The molecule has 10 heteroatoms. The summed E-state index contributed by atoms with van der Waals surface area (Å²) in [7, 11) is -3.48.